The minimum atomic E-state index is -0.268. The van der Waals surface area contributed by atoms with Crippen molar-refractivity contribution in [2.24, 2.45) is 0 Å². The lowest BCUT2D eigenvalue weighted by Crippen LogP contribution is -2.25. The fourth-order valence-electron chi connectivity index (χ4n) is 2.25. The maximum Gasteiger partial charge on any atom is 0.161 e. The average molecular weight is 250 g/mol. The highest BCUT2D eigenvalue weighted by Crippen LogP contribution is 2.40. The molecule has 2 rings (SSSR count). The van der Waals surface area contributed by atoms with E-state index in [-0.39, 0.29) is 12.0 Å². The van der Waals surface area contributed by atoms with Crippen LogP contribution in [0.25, 0.3) is 0 Å². The molecule has 1 heterocycles. The highest BCUT2D eigenvalue weighted by Gasteiger charge is 2.27. The van der Waals surface area contributed by atoms with Crippen LogP contribution in [0.1, 0.15) is 44.7 Å². The molecule has 0 amide bonds. The molecule has 3 heteroatoms. The Morgan fingerprint density at radius 2 is 1.72 bits per heavy atom. The summed E-state index contributed by atoms with van der Waals surface area (Å²) in [6.07, 6.45) is 0. The molecule has 0 aliphatic carbocycles. The Kier molecular flexibility index (Phi) is 3.53. The van der Waals surface area contributed by atoms with Gasteiger partial charge in [0.1, 0.15) is 13.2 Å². The van der Waals surface area contributed by atoms with E-state index in [1.807, 2.05) is 19.9 Å². The van der Waals surface area contributed by atoms with Crippen molar-refractivity contribution >= 4 is 0 Å². The van der Waals surface area contributed by atoms with Crippen LogP contribution >= 0.6 is 0 Å². The van der Waals surface area contributed by atoms with Crippen molar-refractivity contribution in [2.45, 2.75) is 39.0 Å². The molecule has 1 aromatic rings. The third kappa shape index (κ3) is 2.32. The number of benzene rings is 1. The second-order valence-electron chi connectivity index (χ2n) is 5.78. The smallest absolute Gasteiger partial charge is 0.161 e. The summed E-state index contributed by atoms with van der Waals surface area (Å²) in [7, 11) is 0. The van der Waals surface area contributed by atoms with Gasteiger partial charge >= 0.3 is 0 Å². The summed E-state index contributed by atoms with van der Waals surface area (Å²) in [5.41, 5.74) is 2.10. The maximum atomic E-state index is 9.59. The first kappa shape index (κ1) is 13.2. The largest absolute Gasteiger partial charge is 0.486 e. The lowest BCUT2D eigenvalue weighted by Gasteiger charge is -2.30. The van der Waals surface area contributed by atoms with E-state index in [1.165, 1.54) is 5.56 Å². The first-order valence-electron chi connectivity index (χ1n) is 6.50. The van der Waals surface area contributed by atoms with Gasteiger partial charge in [0.25, 0.3) is 0 Å². The predicted molar refractivity (Wildman–Crippen MR) is 71.6 cm³/mol. The molecule has 0 saturated heterocycles. The quantitative estimate of drug-likeness (QED) is 0.896. The maximum absolute atomic E-state index is 9.59. The minimum absolute atomic E-state index is 0.117. The third-order valence-electron chi connectivity index (χ3n) is 3.46. The van der Waals surface area contributed by atoms with Crippen LogP contribution in [0.4, 0.5) is 0 Å². The van der Waals surface area contributed by atoms with Gasteiger partial charge < -0.3 is 14.6 Å². The highest BCUT2D eigenvalue weighted by molar-refractivity contribution is 5.51. The highest BCUT2D eigenvalue weighted by atomic mass is 16.6. The van der Waals surface area contributed by atoms with Crippen molar-refractivity contribution in [1.29, 1.82) is 0 Å². The van der Waals surface area contributed by atoms with Crippen LogP contribution < -0.4 is 9.47 Å². The summed E-state index contributed by atoms with van der Waals surface area (Å²) in [6, 6.07) is 4.09. The second-order valence-corrected chi connectivity index (χ2v) is 5.78. The van der Waals surface area contributed by atoms with Gasteiger partial charge in [-0.05, 0) is 29.2 Å². The van der Waals surface area contributed by atoms with Crippen LogP contribution in [-0.2, 0) is 5.41 Å². The molecular formula is C15H22O3. The molecule has 3 nitrogen and oxygen atoms in total. The standard InChI is InChI=1S/C15H22O3/c1-10(2)11-7-13-14(18-6-5-17-13)8-12(11)15(3,4)9-16/h7-8,10,16H,5-6,9H2,1-4H3. The van der Waals surface area contributed by atoms with Gasteiger partial charge in [0.15, 0.2) is 11.5 Å². The Bertz CT molecular complexity index is 436. The molecule has 100 valence electrons. The van der Waals surface area contributed by atoms with E-state index in [9.17, 15) is 5.11 Å². The molecule has 1 aliphatic heterocycles. The van der Waals surface area contributed by atoms with E-state index >= 15 is 0 Å². The van der Waals surface area contributed by atoms with Crippen LogP contribution in [-0.4, -0.2) is 24.9 Å². The summed E-state index contributed by atoms with van der Waals surface area (Å²) in [5.74, 6) is 2.01. The zero-order valence-electron chi connectivity index (χ0n) is 11.6. The van der Waals surface area contributed by atoms with Crippen molar-refractivity contribution in [3.8, 4) is 11.5 Å². The van der Waals surface area contributed by atoms with Crippen LogP contribution in [0.5, 0.6) is 11.5 Å². The number of aliphatic hydroxyl groups excluding tert-OH is 1. The summed E-state index contributed by atoms with van der Waals surface area (Å²) in [4.78, 5) is 0. The number of fused-ring (bicyclic) bond motifs is 1. The fourth-order valence-corrected chi connectivity index (χ4v) is 2.25. The Hall–Kier alpha value is -1.22. The Balaban J connectivity index is 2.56. The van der Waals surface area contributed by atoms with Gasteiger partial charge in [0.05, 0.1) is 6.61 Å². The van der Waals surface area contributed by atoms with Gasteiger partial charge in [-0.15, -0.1) is 0 Å². The zero-order chi connectivity index (χ0) is 13.3. The molecule has 0 bridgehead atoms. The summed E-state index contributed by atoms with van der Waals surface area (Å²) < 4.78 is 11.3. The Labute approximate surface area is 109 Å². The van der Waals surface area contributed by atoms with Crippen molar-refractivity contribution in [1.82, 2.24) is 0 Å². The second kappa shape index (κ2) is 4.81. The minimum Gasteiger partial charge on any atom is -0.486 e. The van der Waals surface area contributed by atoms with E-state index in [4.69, 9.17) is 9.47 Å². The van der Waals surface area contributed by atoms with E-state index in [1.54, 1.807) is 0 Å². The van der Waals surface area contributed by atoms with E-state index in [0.29, 0.717) is 19.1 Å². The van der Waals surface area contributed by atoms with Crippen molar-refractivity contribution in [2.75, 3.05) is 19.8 Å². The first-order valence-corrected chi connectivity index (χ1v) is 6.50. The van der Waals surface area contributed by atoms with Crippen molar-refractivity contribution in [3.63, 3.8) is 0 Å². The first-order chi connectivity index (χ1) is 8.45. The van der Waals surface area contributed by atoms with Crippen LogP contribution in [0.3, 0.4) is 0 Å². The van der Waals surface area contributed by atoms with E-state index < -0.39 is 0 Å². The van der Waals surface area contributed by atoms with Gasteiger partial charge in [-0.2, -0.15) is 0 Å². The molecule has 1 aromatic carbocycles. The molecule has 0 radical (unpaired) electrons. The summed E-state index contributed by atoms with van der Waals surface area (Å²) >= 11 is 0. The number of ether oxygens (including phenoxy) is 2. The summed E-state index contributed by atoms with van der Waals surface area (Å²) in [6.45, 7) is 9.71. The number of aliphatic hydroxyl groups is 1. The van der Waals surface area contributed by atoms with Gasteiger partial charge in [-0.3, -0.25) is 0 Å². The zero-order valence-corrected chi connectivity index (χ0v) is 11.6. The molecule has 0 atom stereocenters. The monoisotopic (exact) mass is 250 g/mol. The van der Waals surface area contributed by atoms with Crippen LogP contribution in [0.15, 0.2) is 12.1 Å². The summed E-state index contributed by atoms with van der Waals surface area (Å²) in [5, 5.41) is 9.59. The molecule has 18 heavy (non-hydrogen) atoms. The van der Waals surface area contributed by atoms with Gasteiger partial charge in [0, 0.05) is 5.41 Å². The fraction of sp³-hybridized carbons (Fsp3) is 0.600. The van der Waals surface area contributed by atoms with Crippen LogP contribution in [0, 0.1) is 0 Å². The Morgan fingerprint density at radius 3 is 2.22 bits per heavy atom. The molecule has 0 saturated carbocycles. The molecule has 0 spiro atoms. The predicted octanol–water partition coefficient (Wildman–Crippen LogP) is 2.85. The van der Waals surface area contributed by atoms with E-state index in [0.717, 1.165) is 17.1 Å². The molecule has 1 N–H and O–H groups in total. The molecule has 0 fully saturated rings. The number of rotatable bonds is 3. The lowest BCUT2D eigenvalue weighted by atomic mass is 9.79. The lowest BCUT2D eigenvalue weighted by molar-refractivity contribution is 0.169. The Morgan fingerprint density at radius 1 is 1.17 bits per heavy atom. The van der Waals surface area contributed by atoms with Crippen LogP contribution in [0.2, 0.25) is 0 Å². The number of hydrogen-bond acceptors (Lipinski definition) is 3. The van der Waals surface area contributed by atoms with Gasteiger partial charge in [-0.1, -0.05) is 27.7 Å². The normalized spacial score (nSPS) is 15.0. The van der Waals surface area contributed by atoms with E-state index in [2.05, 4.69) is 19.9 Å². The molecular weight excluding hydrogens is 228 g/mol. The molecule has 1 aliphatic rings. The van der Waals surface area contributed by atoms with Gasteiger partial charge in [0.2, 0.25) is 0 Å². The number of hydrogen-bond donors (Lipinski definition) is 1. The molecule has 0 aromatic heterocycles. The van der Waals surface area contributed by atoms with Crippen molar-refractivity contribution in [3.05, 3.63) is 23.3 Å². The average Bonchev–Trinajstić information content (AvgIpc) is 2.37. The van der Waals surface area contributed by atoms with Crippen molar-refractivity contribution < 1.29 is 14.6 Å². The topological polar surface area (TPSA) is 38.7 Å². The van der Waals surface area contributed by atoms with Gasteiger partial charge in [-0.25, -0.2) is 0 Å². The SMILES string of the molecule is CC(C)c1cc2c(cc1C(C)(C)CO)OCCO2. The molecule has 0 unspecified atom stereocenters. The third-order valence-corrected chi connectivity index (χ3v) is 3.46.